The molecule has 1 aromatic heterocycles. The van der Waals surface area contributed by atoms with E-state index < -0.39 is 6.09 Å². The van der Waals surface area contributed by atoms with E-state index in [1.54, 1.807) is 30.5 Å². The average molecular weight is 234 g/mol. The number of carbonyl (C=O) groups is 1. The monoisotopic (exact) mass is 234 g/mol. The molecule has 4 nitrogen and oxygen atoms in total. The topological polar surface area (TPSA) is 62.2 Å². The summed E-state index contributed by atoms with van der Waals surface area (Å²) in [6.45, 7) is 0.192. The Bertz CT molecular complexity index is 557. The van der Waals surface area contributed by atoms with Crippen molar-refractivity contribution in [3.63, 3.8) is 0 Å². The predicted octanol–water partition coefficient (Wildman–Crippen LogP) is 2.18. The van der Waals surface area contributed by atoms with Crippen LogP contribution in [0.5, 0.6) is 0 Å². The van der Waals surface area contributed by atoms with Crippen molar-refractivity contribution in [1.82, 2.24) is 10.3 Å². The molecule has 1 heterocycles. The van der Waals surface area contributed by atoms with E-state index in [9.17, 15) is 9.18 Å². The molecule has 0 spiro atoms. The third-order valence-electron chi connectivity index (χ3n) is 2.47. The number of nitrogens with one attached hydrogen (secondary N) is 1. The van der Waals surface area contributed by atoms with Gasteiger partial charge in [-0.05, 0) is 30.2 Å². The molecule has 17 heavy (non-hydrogen) atoms. The van der Waals surface area contributed by atoms with Crippen LogP contribution >= 0.6 is 0 Å². The second-order valence-electron chi connectivity index (χ2n) is 3.59. The molecule has 0 aliphatic carbocycles. The number of pyridine rings is 1. The van der Waals surface area contributed by atoms with E-state index in [0.29, 0.717) is 22.9 Å². The Morgan fingerprint density at radius 2 is 2.24 bits per heavy atom. The molecule has 0 radical (unpaired) electrons. The number of rotatable bonds is 3. The Hall–Kier alpha value is -2.17. The van der Waals surface area contributed by atoms with Crippen LogP contribution < -0.4 is 5.32 Å². The fourth-order valence-corrected chi connectivity index (χ4v) is 1.66. The molecule has 0 atom stereocenters. The smallest absolute Gasteiger partial charge is 0.404 e. The highest BCUT2D eigenvalue weighted by atomic mass is 19.1. The molecule has 2 rings (SSSR count). The second-order valence-corrected chi connectivity index (χ2v) is 3.59. The number of hydrogen-bond donors (Lipinski definition) is 2. The molecule has 2 aromatic rings. The molecule has 5 heteroatoms. The molecule has 0 saturated heterocycles. The third kappa shape index (κ3) is 2.50. The second kappa shape index (κ2) is 4.78. The zero-order chi connectivity index (χ0) is 12.3. The number of fused-ring (bicyclic) bond motifs is 1. The Morgan fingerprint density at radius 3 is 3.00 bits per heavy atom. The van der Waals surface area contributed by atoms with Crippen molar-refractivity contribution in [2.45, 2.75) is 6.42 Å². The van der Waals surface area contributed by atoms with Gasteiger partial charge in [-0.3, -0.25) is 4.98 Å². The zero-order valence-electron chi connectivity index (χ0n) is 8.98. The van der Waals surface area contributed by atoms with E-state index in [2.05, 4.69) is 10.3 Å². The van der Waals surface area contributed by atoms with Crippen LogP contribution in [-0.2, 0) is 6.42 Å². The fraction of sp³-hybridized carbons (Fsp3) is 0.167. The van der Waals surface area contributed by atoms with Gasteiger partial charge in [-0.25, -0.2) is 9.18 Å². The predicted molar refractivity (Wildman–Crippen MR) is 61.4 cm³/mol. The Balaban J connectivity index is 2.23. The standard InChI is InChI=1S/C12H11FN2O2/c13-11-8(5-7-15-12(16)17)3-4-10-9(11)2-1-6-14-10/h1-4,6,15H,5,7H2,(H,16,17). The first-order chi connectivity index (χ1) is 8.18. The number of aromatic nitrogens is 1. The van der Waals surface area contributed by atoms with Gasteiger partial charge in [-0.15, -0.1) is 0 Å². The largest absolute Gasteiger partial charge is 0.465 e. The van der Waals surface area contributed by atoms with Gasteiger partial charge in [-0.1, -0.05) is 6.07 Å². The van der Waals surface area contributed by atoms with Gasteiger partial charge in [0.1, 0.15) is 5.82 Å². The van der Waals surface area contributed by atoms with Crippen LogP contribution in [-0.4, -0.2) is 22.7 Å². The van der Waals surface area contributed by atoms with Crippen molar-refractivity contribution in [2.75, 3.05) is 6.54 Å². The van der Waals surface area contributed by atoms with E-state index in [0.717, 1.165) is 0 Å². The lowest BCUT2D eigenvalue weighted by atomic mass is 10.1. The quantitative estimate of drug-likeness (QED) is 0.855. The summed E-state index contributed by atoms with van der Waals surface area (Å²) in [4.78, 5) is 14.3. The number of carboxylic acid groups (broad SMARTS) is 1. The van der Waals surface area contributed by atoms with Crippen molar-refractivity contribution in [2.24, 2.45) is 0 Å². The maximum absolute atomic E-state index is 14.0. The van der Waals surface area contributed by atoms with Crippen molar-refractivity contribution in [3.05, 3.63) is 41.8 Å². The molecule has 0 unspecified atom stereocenters. The molecular formula is C12H11FN2O2. The van der Waals surface area contributed by atoms with E-state index in [4.69, 9.17) is 5.11 Å². The van der Waals surface area contributed by atoms with E-state index in [1.807, 2.05) is 0 Å². The van der Waals surface area contributed by atoms with Crippen LogP contribution in [0.1, 0.15) is 5.56 Å². The summed E-state index contributed by atoms with van der Waals surface area (Å²) >= 11 is 0. The molecular weight excluding hydrogens is 223 g/mol. The Morgan fingerprint density at radius 1 is 1.41 bits per heavy atom. The van der Waals surface area contributed by atoms with Crippen molar-refractivity contribution >= 4 is 17.0 Å². The highest BCUT2D eigenvalue weighted by molar-refractivity contribution is 5.79. The molecule has 0 bridgehead atoms. The van der Waals surface area contributed by atoms with Gasteiger partial charge in [0.05, 0.1) is 5.52 Å². The number of nitrogens with zero attached hydrogens (tertiary/aromatic N) is 1. The van der Waals surface area contributed by atoms with Crippen LogP contribution in [0.15, 0.2) is 30.5 Å². The fourth-order valence-electron chi connectivity index (χ4n) is 1.66. The molecule has 88 valence electrons. The van der Waals surface area contributed by atoms with Crippen LogP contribution in [0.4, 0.5) is 9.18 Å². The molecule has 1 amide bonds. The molecule has 1 aromatic carbocycles. The summed E-state index contributed by atoms with van der Waals surface area (Å²) in [6, 6.07) is 6.69. The molecule has 0 aliphatic rings. The highest BCUT2D eigenvalue weighted by Crippen LogP contribution is 2.19. The minimum atomic E-state index is -1.10. The summed E-state index contributed by atoms with van der Waals surface area (Å²) in [5.41, 5.74) is 1.08. The number of halogens is 1. The minimum Gasteiger partial charge on any atom is -0.465 e. The summed E-state index contributed by atoms with van der Waals surface area (Å²) in [5.74, 6) is -0.331. The number of benzene rings is 1. The third-order valence-corrected chi connectivity index (χ3v) is 2.47. The minimum absolute atomic E-state index is 0.192. The first-order valence-corrected chi connectivity index (χ1v) is 5.17. The highest BCUT2D eigenvalue weighted by Gasteiger charge is 2.07. The first-order valence-electron chi connectivity index (χ1n) is 5.17. The van der Waals surface area contributed by atoms with Crippen LogP contribution in [0, 0.1) is 5.82 Å². The number of hydrogen-bond acceptors (Lipinski definition) is 2. The van der Waals surface area contributed by atoms with Gasteiger partial charge in [-0.2, -0.15) is 0 Å². The summed E-state index contributed by atoms with van der Waals surface area (Å²) in [6.07, 6.45) is 0.823. The lowest BCUT2D eigenvalue weighted by molar-refractivity contribution is 0.194. The molecule has 0 aliphatic heterocycles. The van der Waals surface area contributed by atoms with E-state index in [1.165, 1.54) is 0 Å². The van der Waals surface area contributed by atoms with Gasteiger partial charge >= 0.3 is 6.09 Å². The van der Waals surface area contributed by atoms with Gasteiger partial charge in [0.15, 0.2) is 0 Å². The van der Waals surface area contributed by atoms with Crippen molar-refractivity contribution in [3.8, 4) is 0 Å². The van der Waals surface area contributed by atoms with Gasteiger partial charge in [0.2, 0.25) is 0 Å². The van der Waals surface area contributed by atoms with Crippen LogP contribution in [0.25, 0.3) is 10.9 Å². The zero-order valence-corrected chi connectivity index (χ0v) is 8.98. The lowest BCUT2D eigenvalue weighted by Gasteiger charge is -2.06. The summed E-state index contributed by atoms with van der Waals surface area (Å²) < 4.78 is 14.0. The average Bonchev–Trinajstić information content (AvgIpc) is 2.32. The molecule has 2 N–H and O–H groups in total. The van der Waals surface area contributed by atoms with Gasteiger partial charge in [0.25, 0.3) is 0 Å². The maximum atomic E-state index is 14.0. The normalized spacial score (nSPS) is 10.4. The molecule has 0 fully saturated rings. The Labute approximate surface area is 97.1 Å². The lowest BCUT2D eigenvalue weighted by Crippen LogP contribution is -2.23. The van der Waals surface area contributed by atoms with Crippen LogP contribution in [0.2, 0.25) is 0 Å². The van der Waals surface area contributed by atoms with Crippen LogP contribution in [0.3, 0.4) is 0 Å². The Kier molecular flexibility index (Phi) is 3.18. The van der Waals surface area contributed by atoms with Crippen molar-refractivity contribution in [1.29, 1.82) is 0 Å². The summed E-state index contributed by atoms with van der Waals surface area (Å²) in [5, 5.41) is 11.1. The van der Waals surface area contributed by atoms with Gasteiger partial charge in [0, 0.05) is 18.1 Å². The van der Waals surface area contributed by atoms with E-state index in [-0.39, 0.29) is 12.4 Å². The maximum Gasteiger partial charge on any atom is 0.404 e. The summed E-state index contributed by atoms with van der Waals surface area (Å²) in [7, 11) is 0. The SMILES string of the molecule is O=C(O)NCCc1ccc2ncccc2c1F. The first kappa shape index (κ1) is 11.3. The van der Waals surface area contributed by atoms with Crippen molar-refractivity contribution < 1.29 is 14.3 Å². The van der Waals surface area contributed by atoms with E-state index >= 15 is 0 Å². The molecule has 0 saturated carbocycles. The number of amides is 1. The van der Waals surface area contributed by atoms with Gasteiger partial charge < -0.3 is 10.4 Å².